The van der Waals surface area contributed by atoms with Crippen molar-refractivity contribution in [3.8, 4) is 5.75 Å². The van der Waals surface area contributed by atoms with Crippen molar-refractivity contribution in [2.75, 3.05) is 12.4 Å². The molecule has 0 bridgehead atoms. The van der Waals surface area contributed by atoms with Crippen LogP contribution in [0.2, 0.25) is 5.02 Å². The SMILES string of the molecule is COc1cccc(F)c1C(C)Nc1cnccc1Cl. The molecule has 0 saturated carbocycles. The van der Waals surface area contributed by atoms with Gasteiger partial charge in [0, 0.05) is 6.20 Å². The molecular weight excluding hydrogens is 267 g/mol. The van der Waals surface area contributed by atoms with Gasteiger partial charge in [0.15, 0.2) is 0 Å². The molecule has 100 valence electrons. The van der Waals surface area contributed by atoms with Crippen molar-refractivity contribution in [1.82, 2.24) is 4.98 Å². The molecule has 0 fully saturated rings. The molecule has 2 aromatic rings. The zero-order chi connectivity index (χ0) is 13.8. The fraction of sp³-hybridized carbons (Fsp3) is 0.214. The van der Waals surface area contributed by atoms with Gasteiger partial charge in [-0.25, -0.2) is 4.39 Å². The van der Waals surface area contributed by atoms with Crippen LogP contribution in [0.25, 0.3) is 0 Å². The van der Waals surface area contributed by atoms with E-state index in [1.807, 2.05) is 6.92 Å². The molecule has 0 radical (unpaired) electrons. The summed E-state index contributed by atoms with van der Waals surface area (Å²) in [5, 5.41) is 3.67. The smallest absolute Gasteiger partial charge is 0.132 e. The summed E-state index contributed by atoms with van der Waals surface area (Å²) in [6, 6.07) is 6.12. The summed E-state index contributed by atoms with van der Waals surface area (Å²) in [5.41, 5.74) is 1.12. The second-order valence-electron chi connectivity index (χ2n) is 4.08. The molecule has 0 amide bonds. The molecule has 1 N–H and O–H groups in total. The number of nitrogens with one attached hydrogen (secondary N) is 1. The van der Waals surface area contributed by atoms with Crippen LogP contribution < -0.4 is 10.1 Å². The van der Waals surface area contributed by atoms with Crippen LogP contribution in [0.3, 0.4) is 0 Å². The Balaban J connectivity index is 2.30. The second-order valence-corrected chi connectivity index (χ2v) is 4.48. The molecule has 19 heavy (non-hydrogen) atoms. The first kappa shape index (κ1) is 13.6. The molecule has 2 rings (SSSR count). The Hall–Kier alpha value is -1.81. The monoisotopic (exact) mass is 280 g/mol. The molecule has 0 aliphatic rings. The molecule has 0 aliphatic heterocycles. The van der Waals surface area contributed by atoms with Gasteiger partial charge in [0.1, 0.15) is 11.6 Å². The minimum Gasteiger partial charge on any atom is -0.496 e. The number of nitrogens with zero attached hydrogens (tertiary/aromatic N) is 1. The van der Waals surface area contributed by atoms with Crippen LogP contribution in [0.5, 0.6) is 5.75 Å². The number of aromatic nitrogens is 1. The lowest BCUT2D eigenvalue weighted by molar-refractivity contribution is 0.402. The van der Waals surface area contributed by atoms with Gasteiger partial charge in [-0.2, -0.15) is 0 Å². The lowest BCUT2D eigenvalue weighted by Crippen LogP contribution is -2.10. The van der Waals surface area contributed by atoms with Crippen molar-refractivity contribution in [3.63, 3.8) is 0 Å². The zero-order valence-corrected chi connectivity index (χ0v) is 11.4. The van der Waals surface area contributed by atoms with Gasteiger partial charge in [-0.05, 0) is 25.1 Å². The van der Waals surface area contributed by atoms with Crippen molar-refractivity contribution in [1.29, 1.82) is 0 Å². The lowest BCUT2D eigenvalue weighted by atomic mass is 10.1. The predicted octanol–water partition coefficient (Wildman–Crippen LogP) is 4.06. The van der Waals surface area contributed by atoms with E-state index in [-0.39, 0.29) is 11.9 Å². The highest BCUT2D eigenvalue weighted by molar-refractivity contribution is 6.33. The van der Waals surface area contributed by atoms with Gasteiger partial charge in [-0.15, -0.1) is 0 Å². The van der Waals surface area contributed by atoms with Crippen molar-refractivity contribution in [3.05, 3.63) is 53.1 Å². The van der Waals surface area contributed by atoms with Crippen molar-refractivity contribution in [2.45, 2.75) is 13.0 Å². The van der Waals surface area contributed by atoms with E-state index in [1.165, 1.54) is 13.2 Å². The number of anilines is 1. The molecule has 0 aliphatic carbocycles. The van der Waals surface area contributed by atoms with Crippen molar-refractivity contribution < 1.29 is 9.13 Å². The molecule has 0 spiro atoms. The molecule has 1 aromatic carbocycles. The summed E-state index contributed by atoms with van der Waals surface area (Å²) in [6.45, 7) is 1.84. The molecule has 5 heteroatoms. The molecule has 1 unspecified atom stereocenters. The molecular formula is C14H14ClFN2O. The average Bonchev–Trinajstić information content (AvgIpc) is 2.40. The Morgan fingerprint density at radius 3 is 2.84 bits per heavy atom. The number of benzene rings is 1. The third kappa shape index (κ3) is 2.96. The Bertz CT molecular complexity index is 577. The summed E-state index contributed by atoms with van der Waals surface area (Å²) in [6.07, 6.45) is 3.20. The van der Waals surface area contributed by atoms with Crippen LogP contribution in [-0.4, -0.2) is 12.1 Å². The van der Waals surface area contributed by atoms with E-state index < -0.39 is 0 Å². The van der Waals surface area contributed by atoms with Gasteiger partial charge >= 0.3 is 0 Å². The quantitative estimate of drug-likeness (QED) is 0.917. The van der Waals surface area contributed by atoms with E-state index in [2.05, 4.69) is 10.3 Å². The van der Waals surface area contributed by atoms with Gasteiger partial charge in [-0.3, -0.25) is 4.98 Å². The zero-order valence-electron chi connectivity index (χ0n) is 10.7. The number of rotatable bonds is 4. The first-order chi connectivity index (χ1) is 9.13. The number of hydrogen-bond donors (Lipinski definition) is 1. The topological polar surface area (TPSA) is 34.1 Å². The van der Waals surface area contributed by atoms with Crippen molar-refractivity contribution >= 4 is 17.3 Å². The third-order valence-corrected chi connectivity index (χ3v) is 3.14. The lowest BCUT2D eigenvalue weighted by Gasteiger charge is -2.19. The van der Waals surface area contributed by atoms with Gasteiger partial charge in [0.25, 0.3) is 0 Å². The van der Waals surface area contributed by atoms with Gasteiger partial charge in [-0.1, -0.05) is 17.7 Å². The number of hydrogen-bond acceptors (Lipinski definition) is 3. The maximum atomic E-state index is 13.9. The third-order valence-electron chi connectivity index (χ3n) is 2.81. The standard InChI is InChI=1S/C14H14ClFN2O/c1-9(18-12-8-17-7-6-10(12)15)14-11(16)4-3-5-13(14)19-2/h3-9,18H,1-2H3. The first-order valence-electron chi connectivity index (χ1n) is 5.82. The molecule has 1 heterocycles. The maximum Gasteiger partial charge on any atom is 0.132 e. The number of methoxy groups -OCH3 is 1. The van der Waals surface area contributed by atoms with Crippen LogP contribution in [0.4, 0.5) is 10.1 Å². The van der Waals surface area contributed by atoms with Crippen LogP contribution >= 0.6 is 11.6 Å². The van der Waals surface area contributed by atoms with Gasteiger partial charge in [0.2, 0.25) is 0 Å². The average molecular weight is 281 g/mol. The van der Waals surface area contributed by atoms with Gasteiger partial charge < -0.3 is 10.1 Å². The number of halogens is 2. The minimum atomic E-state index is -0.320. The predicted molar refractivity (Wildman–Crippen MR) is 74.2 cm³/mol. The summed E-state index contributed by atoms with van der Waals surface area (Å²) in [4.78, 5) is 3.99. The highest BCUT2D eigenvalue weighted by Gasteiger charge is 2.17. The van der Waals surface area contributed by atoms with Crippen LogP contribution in [0.1, 0.15) is 18.5 Å². The van der Waals surface area contributed by atoms with E-state index in [9.17, 15) is 4.39 Å². The van der Waals surface area contributed by atoms with E-state index in [0.29, 0.717) is 22.0 Å². The second kappa shape index (κ2) is 5.89. The highest BCUT2D eigenvalue weighted by atomic mass is 35.5. The van der Waals surface area contributed by atoms with E-state index in [0.717, 1.165) is 0 Å². The van der Waals surface area contributed by atoms with E-state index >= 15 is 0 Å². The molecule has 0 saturated heterocycles. The summed E-state index contributed by atoms with van der Waals surface area (Å²) in [7, 11) is 1.52. The van der Waals surface area contributed by atoms with E-state index in [1.54, 1.807) is 30.6 Å². The van der Waals surface area contributed by atoms with Crippen LogP contribution in [-0.2, 0) is 0 Å². The maximum absolute atomic E-state index is 13.9. The first-order valence-corrected chi connectivity index (χ1v) is 6.19. The summed E-state index contributed by atoms with van der Waals surface area (Å²) < 4.78 is 19.1. The molecule has 3 nitrogen and oxygen atoms in total. The largest absolute Gasteiger partial charge is 0.496 e. The van der Waals surface area contributed by atoms with E-state index in [4.69, 9.17) is 16.3 Å². The van der Waals surface area contributed by atoms with Crippen molar-refractivity contribution in [2.24, 2.45) is 0 Å². The molecule has 1 aromatic heterocycles. The Morgan fingerprint density at radius 1 is 1.37 bits per heavy atom. The normalized spacial score (nSPS) is 12.0. The van der Waals surface area contributed by atoms with Crippen LogP contribution in [0.15, 0.2) is 36.7 Å². The van der Waals surface area contributed by atoms with Crippen LogP contribution in [0, 0.1) is 5.82 Å². The minimum absolute atomic E-state index is 0.294. The van der Waals surface area contributed by atoms with Gasteiger partial charge in [0.05, 0.1) is 35.6 Å². The number of pyridine rings is 1. The molecule has 1 atom stereocenters. The number of ether oxygens (including phenoxy) is 1. The Kier molecular flexibility index (Phi) is 4.22. The highest BCUT2D eigenvalue weighted by Crippen LogP contribution is 2.31. The fourth-order valence-corrected chi connectivity index (χ4v) is 2.06. The Morgan fingerprint density at radius 2 is 2.16 bits per heavy atom. The summed E-state index contributed by atoms with van der Waals surface area (Å²) >= 11 is 6.04. The Labute approximate surface area is 116 Å². The fourth-order valence-electron chi connectivity index (χ4n) is 1.90. The summed E-state index contributed by atoms with van der Waals surface area (Å²) in [5.74, 6) is 0.180.